The summed E-state index contributed by atoms with van der Waals surface area (Å²) in [4.78, 5) is 15.7. The Morgan fingerprint density at radius 3 is 2.93 bits per heavy atom. The van der Waals surface area contributed by atoms with E-state index in [1.54, 1.807) is 19.4 Å². The minimum Gasteiger partial charge on any atom is -0.302 e. The van der Waals surface area contributed by atoms with Crippen molar-refractivity contribution in [2.24, 2.45) is 7.05 Å². The third kappa shape index (κ3) is 1.50. The maximum Gasteiger partial charge on any atom is 0.275 e. The van der Waals surface area contributed by atoms with Crippen LogP contribution in [0.2, 0.25) is 0 Å². The third-order valence-electron chi connectivity index (χ3n) is 1.94. The van der Waals surface area contributed by atoms with Crippen molar-refractivity contribution in [1.29, 1.82) is 0 Å². The van der Waals surface area contributed by atoms with E-state index in [1.807, 2.05) is 12.1 Å². The molecule has 72 valence electrons. The van der Waals surface area contributed by atoms with Gasteiger partial charge in [0.2, 0.25) is 0 Å². The number of aryl methyl sites for hydroxylation is 1. The highest BCUT2D eigenvalue weighted by molar-refractivity contribution is 9.10. The van der Waals surface area contributed by atoms with E-state index in [1.165, 1.54) is 4.68 Å². The summed E-state index contributed by atoms with van der Waals surface area (Å²) in [6.07, 6.45) is 3.31. The number of H-pyrrole nitrogens is 1. The molecular weight excluding hydrogens is 246 g/mol. The molecule has 4 nitrogen and oxygen atoms in total. The van der Waals surface area contributed by atoms with Crippen LogP contribution in [0, 0.1) is 0 Å². The average Bonchev–Trinajstić information content (AvgIpc) is 2.48. The molecule has 0 saturated carbocycles. The van der Waals surface area contributed by atoms with Crippen LogP contribution in [-0.4, -0.2) is 14.8 Å². The summed E-state index contributed by atoms with van der Waals surface area (Å²) in [6, 6.07) is 3.63. The standard InChI is InChI=1S/C9H8BrN3O/c1-13-9(14)7(5-12-13)8-4-6(10)2-3-11-8/h2-5,12H,1H3. The van der Waals surface area contributed by atoms with Crippen LogP contribution in [0.5, 0.6) is 0 Å². The smallest absolute Gasteiger partial charge is 0.275 e. The van der Waals surface area contributed by atoms with Crippen LogP contribution < -0.4 is 5.56 Å². The summed E-state index contributed by atoms with van der Waals surface area (Å²) < 4.78 is 2.32. The molecule has 0 aliphatic rings. The van der Waals surface area contributed by atoms with Crippen LogP contribution in [-0.2, 0) is 7.05 Å². The summed E-state index contributed by atoms with van der Waals surface area (Å²) in [7, 11) is 1.67. The van der Waals surface area contributed by atoms with E-state index in [9.17, 15) is 4.79 Å². The number of hydrogen-bond acceptors (Lipinski definition) is 2. The molecule has 2 rings (SSSR count). The van der Waals surface area contributed by atoms with E-state index in [0.717, 1.165) is 4.47 Å². The Hall–Kier alpha value is -1.36. The molecule has 0 aromatic carbocycles. The first-order valence-electron chi connectivity index (χ1n) is 4.05. The highest BCUT2D eigenvalue weighted by Gasteiger charge is 2.07. The van der Waals surface area contributed by atoms with E-state index in [2.05, 4.69) is 26.0 Å². The molecule has 2 aromatic heterocycles. The summed E-state index contributed by atoms with van der Waals surface area (Å²) >= 11 is 3.33. The fraction of sp³-hybridized carbons (Fsp3) is 0.111. The van der Waals surface area contributed by atoms with Crippen LogP contribution >= 0.6 is 15.9 Å². The van der Waals surface area contributed by atoms with Gasteiger partial charge in [0.1, 0.15) is 0 Å². The number of aromatic amines is 1. The molecule has 0 atom stereocenters. The lowest BCUT2D eigenvalue weighted by molar-refractivity contribution is 0.740. The van der Waals surface area contributed by atoms with Crippen molar-refractivity contribution < 1.29 is 0 Å². The zero-order valence-corrected chi connectivity index (χ0v) is 9.08. The second-order valence-electron chi connectivity index (χ2n) is 2.91. The van der Waals surface area contributed by atoms with Gasteiger partial charge in [0, 0.05) is 23.9 Å². The second kappa shape index (κ2) is 3.42. The monoisotopic (exact) mass is 253 g/mol. The van der Waals surface area contributed by atoms with Gasteiger partial charge >= 0.3 is 0 Å². The van der Waals surface area contributed by atoms with Gasteiger partial charge in [0.05, 0.1) is 11.3 Å². The minimum atomic E-state index is -0.0735. The molecule has 2 heterocycles. The molecule has 5 heteroatoms. The topological polar surface area (TPSA) is 50.7 Å². The molecule has 0 radical (unpaired) electrons. The van der Waals surface area contributed by atoms with Crippen molar-refractivity contribution in [3.63, 3.8) is 0 Å². The largest absolute Gasteiger partial charge is 0.302 e. The van der Waals surface area contributed by atoms with E-state index < -0.39 is 0 Å². The van der Waals surface area contributed by atoms with Gasteiger partial charge in [-0.2, -0.15) is 0 Å². The third-order valence-corrected chi connectivity index (χ3v) is 2.43. The maximum absolute atomic E-state index is 11.6. The predicted octanol–water partition coefficient (Wildman–Crippen LogP) is 1.54. The van der Waals surface area contributed by atoms with Crippen LogP contribution in [0.3, 0.4) is 0 Å². The van der Waals surface area contributed by atoms with Gasteiger partial charge in [-0.05, 0) is 12.1 Å². The lowest BCUT2D eigenvalue weighted by Gasteiger charge is -1.94. The van der Waals surface area contributed by atoms with Gasteiger partial charge in [-0.3, -0.25) is 14.5 Å². The molecule has 0 amide bonds. The van der Waals surface area contributed by atoms with Gasteiger partial charge in [0.25, 0.3) is 5.56 Å². The molecular formula is C9H8BrN3O. The Labute approximate surface area is 88.7 Å². The van der Waals surface area contributed by atoms with Gasteiger partial charge in [0.15, 0.2) is 0 Å². The van der Waals surface area contributed by atoms with Crippen LogP contribution in [0.15, 0.2) is 33.8 Å². The molecule has 0 bridgehead atoms. The Morgan fingerprint density at radius 1 is 1.57 bits per heavy atom. The molecule has 0 spiro atoms. The normalized spacial score (nSPS) is 10.4. The van der Waals surface area contributed by atoms with Crippen molar-refractivity contribution in [2.45, 2.75) is 0 Å². The highest BCUT2D eigenvalue weighted by Crippen LogP contribution is 2.16. The van der Waals surface area contributed by atoms with Crippen molar-refractivity contribution in [1.82, 2.24) is 14.8 Å². The highest BCUT2D eigenvalue weighted by atomic mass is 79.9. The van der Waals surface area contributed by atoms with Crippen molar-refractivity contribution >= 4 is 15.9 Å². The molecule has 0 unspecified atom stereocenters. The number of nitrogens with zero attached hydrogens (tertiary/aromatic N) is 2. The Bertz CT molecular complexity index is 515. The lowest BCUT2D eigenvalue weighted by atomic mass is 10.2. The van der Waals surface area contributed by atoms with Crippen molar-refractivity contribution in [2.75, 3.05) is 0 Å². The number of aromatic nitrogens is 3. The van der Waals surface area contributed by atoms with E-state index in [4.69, 9.17) is 0 Å². The molecule has 1 N–H and O–H groups in total. The zero-order valence-electron chi connectivity index (χ0n) is 7.49. The first-order valence-corrected chi connectivity index (χ1v) is 4.84. The van der Waals surface area contributed by atoms with Gasteiger partial charge < -0.3 is 5.10 Å². The molecule has 0 saturated heterocycles. The number of halogens is 1. The van der Waals surface area contributed by atoms with Gasteiger partial charge in [-0.1, -0.05) is 15.9 Å². The molecule has 14 heavy (non-hydrogen) atoms. The maximum atomic E-state index is 11.6. The number of hydrogen-bond donors (Lipinski definition) is 1. The Balaban J connectivity index is 2.60. The minimum absolute atomic E-state index is 0.0735. The van der Waals surface area contributed by atoms with E-state index in [-0.39, 0.29) is 5.56 Å². The van der Waals surface area contributed by atoms with E-state index >= 15 is 0 Å². The molecule has 0 aliphatic carbocycles. The summed E-state index contributed by atoms with van der Waals surface area (Å²) in [5, 5.41) is 2.80. The molecule has 0 aliphatic heterocycles. The number of rotatable bonds is 1. The summed E-state index contributed by atoms with van der Waals surface area (Å²) in [6.45, 7) is 0. The predicted molar refractivity (Wildman–Crippen MR) is 57.0 cm³/mol. The average molecular weight is 254 g/mol. The van der Waals surface area contributed by atoms with Crippen molar-refractivity contribution in [3.8, 4) is 11.3 Å². The summed E-state index contributed by atoms with van der Waals surface area (Å²) in [5.41, 5.74) is 1.17. The van der Waals surface area contributed by atoms with Crippen molar-refractivity contribution in [3.05, 3.63) is 39.4 Å². The van der Waals surface area contributed by atoms with Gasteiger partial charge in [-0.25, -0.2) is 0 Å². The fourth-order valence-electron chi connectivity index (χ4n) is 1.20. The first kappa shape index (κ1) is 9.21. The summed E-state index contributed by atoms with van der Waals surface area (Å²) in [5.74, 6) is 0. The van der Waals surface area contributed by atoms with Crippen LogP contribution in [0.1, 0.15) is 0 Å². The first-order chi connectivity index (χ1) is 6.68. The number of pyridine rings is 1. The zero-order chi connectivity index (χ0) is 10.1. The molecule has 0 fully saturated rings. The lowest BCUT2D eigenvalue weighted by Crippen LogP contribution is -2.13. The SMILES string of the molecule is Cn1[nH]cc(-c2cc(Br)ccn2)c1=O. The molecule has 2 aromatic rings. The Morgan fingerprint density at radius 2 is 2.36 bits per heavy atom. The Kier molecular flexibility index (Phi) is 2.25. The number of nitrogens with one attached hydrogen (secondary N) is 1. The second-order valence-corrected chi connectivity index (χ2v) is 3.83. The van der Waals surface area contributed by atoms with Crippen LogP contribution in [0.25, 0.3) is 11.3 Å². The van der Waals surface area contributed by atoms with Crippen LogP contribution in [0.4, 0.5) is 0 Å². The van der Waals surface area contributed by atoms with Gasteiger partial charge in [-0.15, -0.1) is 0 Å². The fourth-order valence-corrected chi connectivity index (χ4v) is 1.53. The van der Waals surface area contributed by atoms with E-state index in [0.29, 0.717) is 11.3 Å². The quantitative estimate of drug-likeness (QED) is 0.839.